The first-order valence-corrected chi connectivity index (χ1v) is 8.17. The Morgan fingerprint density at radius 3 is 2.92 bits per heavy atom. The molecule has 2 rings (SSSR count). The largest absolute Gasteiger partial charge is 0.462 e. The van der Waals surface area contributed by atoms with Gasteiger partial charge in [-0.2, -0.15) is 5.26 Å². The van der Waals surface area contributed by atoms with Crippen LogP contribution in [0.1, 0.15) is 22.8 Å². The summed E-state index contributed by atoms with van der Waals surface area (Å²) in [6.45, 7) is 2.02. The number of amides is 1. The number of nitriles is 1. The second-order valence-corrected chi connectivity index (χ2v) is 5.57. The van der Waals surface area contributed by atoms with Crippen molar-refractivity contribution in [1.82, 2.24) is 4.98 Å². The monoisotopic (exact) mass is 341 g/mol. The maximum absolute atomic E-state index is 12.0. The third-order valence-corrected chi connectivity index (χ3v) is 3.89. The summed E-state index contributed by atoms with van der Waals surface area (Å²) in [7, 11) is 0. The number of esters is 1. The van der Waals surface area contributed by atoms with E-state index in [9.17, 15) is 9.59 Å². The highest BCUT2D eigenvalue weighted by atomic mass is 32.2. The predicted octanol–water partition coefficient (Wildman–Crippen LogP) is 2.86. The smallest absolute Gasteiger partial charge is 0.338 e. The van der Waals surface area contributed by atoms with E-state index in [1.54, 1.807) is 49.5 Å². The van der Waals surface area contributed by atoms with Crippen molar-refractivity contribution in [3.8, 4) is 6.07 Å². The molecule has 1 N–H and O–H groups in total. The molecule has 6 nitrogen and oxygen atoms in total. The van der Waals surface area contributed by atoms with Gasteiger partial charge in [-0.15, -0.1) is 0 Å². The molecule has 122 valence electrons. The normalized spacial score (nSPS) is 9.83. The minimum Gasteiger partial charge on any atom is -0.462 e. The zero-order valence-corrected chi connectivity index (χ0v) is 13.8. The summed E-state index contributed by atoms with van der Waals surface area (Å²) in [6.07, 6.45) is 1.57. The molecule has 0 saturated heterocycles. The second kappa shape index (κ2) is 8.70. The topological polar surface area (TPSA) is 92.1 Å². The summed E-state index contributed by atoms with van der Waals surface area (Å²) in [4.78, 5) is 27.8. The van der Waals surface area contributed by atoms with Gasteiger partial charge in [0.1, 0.15) is 11.1 Å². The van der Waals surface area contributed by atoms with E-state index in [0.717, 1.165) is 0 Å². The molecule has 0 saturated carbocycles. The van der Waals surface area contributed by atoms with Gasteiger partial charge in [-0.05, 0) is 37.3 Å². The van der Waals surface area contributed by atoms with Gasteiger partial charge in [0.15, 0.2) is 0 Å². The third kappa shape index (κ3) is 4.83. The highest BCUT2D eigenvalue weighted by Crippen LogP contribution is 2.19. The standard InChI is InChI=1S/C17H15N3O3S/c1-2-23-17(22)12-5-3-7-14(9-12)20-15(21)11-24-16-13(10-18)6-4-8-19-16/h3-9H,2,11H2,1H3,(H,20,21). The molecule has 0 aliphatic carbocycles. The summed E-state index contributed by atoms with van der Waals surface area (Å²) in [6, 6.07) is 11.9. The Balaban J connectivity index is 1.96. The van der Waals surface area contributed by atoms with Crippen molar-refractivity contribution in [1.29, 1.82) is 5.26 Å². The highest BCUT2D eigenvalue weighted by Gasteiger charge is 2.10. The zero-order valence-electron chi connectivity index (χ0n) is 13.0. The lowest BCUT2D eigenvalue weighted by molar-refractivity contribution is -0.113. The number of nitrogens with one attached hydrogen (secondary N) is 1. The van der Waals surface area contributed by atoms with E-state index in [0.29, 0.717) is 21.8 Å². The molecule has 0 fully saturated rings. The van der Waals surface area contributed by atoms with Gasteiger partial charge in [0.2, 0.25) is 5.91 Å². The van der Waals surface area contributed by atoms with Crippen LogP contribution in [0.3, 0.4) is 0 Å². The van der Waals surface area contributed by atoms with Crippen LogP contribution in [0, 0.1) is 11.3 Å². The SMILES string of the molecule is CCOC(=O)c1cccc(NC(=O)CSc2ncccc2C#N)c1. The molecule has 0 aliphatic heterocycles. The van der Waals surface area contributed by atoms with Gasteiger partial charge in [0.05, 0.1) is 23.5 Å². The van der Waals surface area contributed by atoms with Crippen LogP contribution in [-0.2, 0) is 9.53 Å². The van der Waals surface area contributed by atoms with Crippen molar-refractivity contribution in [2.24, 2.45) is 0 Å². The molecule has 24 heavy (non-hydrogen) atoms. The fourth-order valence-electron chi connectivity index (χ4n) is 1.86. The number of aromatic nitrogens is 1. The average Bonchev–Trinajstić information content (AvgIpc) is 2.60. The Morgan fingerprint density at radius 2 is 2.17 bits per heavy atom. The molecular formula is C17H15N3O3S. The first-order valence-electron chi connectivity index (χ1n) is 7.19. The number of carbonyl (C=O) groups is 2. The maximum Gasteiger partial charge on any atom is 0.338 e. The molecule has 0 spiro atoms. The van der Waals surface area contributed by atoms with E-state index < -0.39 is 5.97 Å². The van der Waals surface area contributed by atoms with E-state index in [1.165, 1.54) is 11.8 Å². The Labute approximate surface area is 143 Å². The molecule has 7 heteroatoms. The molecule has 0 radical (unpaired) electrons. The number of nitrogens with zero attached hydrogens (tertiary/aromatic N) is 2. The Kier molecular flexibility index (Phi) is 6.34. The number of carbonyl (C=O) groups excluding carboxylic acids is 2. The van der Waals surface area contributed by atoms with Crippen molar-refractivity contribution >= 4 is 29.3 Å². The molecule has 1 aromatic carbocycles. The molecule has 0 bridgehead atoms. The lowest BCUT2D eigenvalue weighted by Crippen LogP contribution is -2.15. The number of hydrogen-bond acceptors (Lipinski definition) is 6. The van der Waals surface area contributed by atoms with Crippen molar-refractivity contribution in [2.75, 3.05) is 17.7 Å². The van der Waals surface area contributed by atoms with Gasteiger partial charge < -0.3 is 10.1 Å². The molecule has 0 atom stereocenters. The number of benzene rings is 1. The Hall–Kier alpha value is -2.85. The van der Waals surface area contributed by atoms with Gasteiger partial charge in [0, 0.05) is 11.9 Å². The number of ether oxygens (including phenoxy) is 1. The van der Waals surface area contributed by atoms with E-state index in [1.807, 2.05) is 6.07 Å². The number of hydrogen-bond donors (Lipinski definition) is 1. The van der Waals surface area contributed by atoms with Crippen molar-refractivity contribution in [2.45, 2.75) is 11.9 Å². The number of anilines is 1. The van der Waals surface area contributed by atoms with Gasteiger partial charge in [-0.25, -0.2) is 9.78 Å². The van der Waals surface area contributed by atoms with Crippen LogP contribution in [0.15, 0.2) is 47.6 Å². The highest BCUT2D eigenvalue weighted by molar-refractivity contribution is 8.00. The van der Waals surface area contributed by atoms with Gasteiger partial charge in [-0.1, -0.05) is 17.8 Å². The minimum absolute atomic E-state index is 0.106. The molecule has 1 amide bonds. The van der Waals surface area contributed by atoms with E-state index >= 15 is 0 Å². The lowest BCUT2D eigenvalue weighted by atomic mass is 10.2. The summed E-state index contributed by atoms with van der Waals surface area (Å²) in [5.74, 6) is -0.583. The van der Waals surface area contributed by atoms with Crippen molar-refractivity contribution < 1.29 is 14.3 Å². The minimum atomic E-state index is -0.435. The van der Waals surface area contributed by atoms with Gasteiger partial charge in [-0.3, -0.25) is 4.79 Å². The summed E-state index contributed by atoms with van der Waals surface area (Å²) >= 11 is 1.18. The van der Waals surface area contributed by atoms with Crippen LogP contribution in [-0.4, -0.2) is 29.2 Å². The molecule has 2 aromatic rings. The fraction of sp³-hybridized carbons (Fsp3) is 0.176. The zero-order chi connectivity index (χ0) is 17.4. The van der Waals surface area contributed by atoms with Crippen LogP contribution < -0.4 is 5.32 Å². The van der Waals surface area contributed by atoms with Crippen LogP contribution in [0.4, 0.5) is 5.69 Å². The third-order valence-electron chi connectivity index (χ3n) is 2.89. The summed E-state index contributed by atoms with van der Waals surface area (Å²) in [5, 5.41) is 12.2. The first kappa shape index (κ1) is 17.5. The number of rotatable bonds is 6. The van der Waals surface area contributed by atoms with Crippen LogP contribution in [0.2, 0.25) is 0 Å². The number of thioether (sulfide) groups is 1. The summed E-state index contributed by atoms with van der Waals surface area (Å²) in [5.41, 5.74) is 1.31. The molecule has 1 heterocycles. The van der Waals surface area contributed by atoms with Crippen molar-refractivity contribution in [3.63, 3.8) is 0 Å². The fourth-order valence-corrected chi connectivity index (χ4v) is 2.60. The van der Waals surface area contributed by atoms with E-state index in [4.69, 9.17) is 10.00 Å². The Morgan fingerprint density at radius 1 is 1.33 bits per heavy atom. The average molecular weight is 341 g/mol. The first-order chi connectivity index (χ1) is 11.6. The maximum atomic E-state index is 12.0. The molecule has 0 unspecified atom stereocenters. The molecule has 0 aliphatic rings. The molecular weight excluding hydrogens is 326 g/mol. The van der Waals surface area contributed by atoms with Gasteiger partial charge >= 0.3 is 5.97 Å². The Bertz CT molecular complexity index is 787. The number of pyridine rings is 1. The van der Waals surface area contributed by atoms with E-state index in [2.05, 4.69) is 10.3 Å². The van der Waals surface area contributed by atoms with Crippen molar-refractivity contribution in [3.05, 3.63) is 53.7 Å². The van der Waals surface area contributed by atoms with Crippen LogP contribution in [0.25, 0.3) is 0 Å². The van der Waals surface area contributed by atoms with Crippen LogP contribution >= 0.6 is 11.8 Å². The lowest BCUT2D eigenvalue weighted by Gasteiger charge is -2.07. The van der Waals surface area contributed by atoms with E-state index in [-0.39, 0.29) is 18.3 Å². The summed E-state index contributed by atoms with van der Waals surface area (Å²) < 4.78 is 4.92. The second-order valence-electron chi connectivity index (χ2n) is 4.61. The molecule has 1 aromatic heterocycles. The quantitative estimate of drug-likeness (QED) is 0.641. The van der Waals surface area contributed by atoms with Gasteiger partial charge in [0.25, 0.3) is 0 Å². The van der Waals surface area contributed by atoms with Crippen LogP contribution in [0.5, 0.6) is 0 Å². The predicted molar refractivity (Wildman–Crippen MR) is 90.7 cm³/mol.